The van der Waals surface area contributed by atoms with E-state index in [-0.39, 0.29) is 17.7 Å². The number of carboxylic acid groups (broad SMARTS) is 1. The summed E-state index contributed by atoms with van der Waals surface area (Å²) in [6.45, 7) is 2.29. The molecule has 2 aromatic carbocycles. The Morgan fingerprint density at radius 3 is 2.65 bits per heavy atom. The molecule has 4 heteroatoms. The van der Waals surface area contributed by atoms with Crippen LogP contribution in [0, 0.1) is 0 Å². The van der Waals surface area contributed by atoms with Gasteiger partial charge in [0.15, 0.2) is 0 Å². The molecule has 0 atom stereocenters. The molecule has 0 aliphatic heterocycles. The van der Waals surface area contributed by atoms with Crippen LogP contribution in [0.2, 0.25) is 0 Å². The SMILES string of the molecule is CCc1ccc2ccn(Cc3ccccc3C(=O)O)c(=O)c2c1. The maximum absolute atomic E-state index is 12.7. The van der Waals surface area contributed by atoms with Crippen molar-refractivity contribution in [2.45, 2.75) is 19.9 Å². The normalized spacial score (nSPS) is 10.8. The number of hydrogen-bond acceptors (Lipinski definition) is 2. The summed E-state index contributed by atoms with van der Waals surface area (Å²) in [4.78, 5) is 24.0. The van der Waals surface area contributed by atoms with Crippen LogP contribution in [-0.4, -0.2) is 15.6 Å². The lowest BCUT2D eigenvalue weighted by Gasteiger charge is -2.10. The van der Waals surface area contributed by atoms with Crippen molar-refractivity contribution < 1.29 is 9.90 Å². The van der Waals surface area contributed by atoms with Crippen LogP contribution < -0.4 is 5.56 Å². The number of aryl methyl sites for hydroxylation is 1. The molecular weight excluding hydrogens is 290 g/mol. The largest absolute Gasteiger partial charge is 0.478 e. The zero-order valence-electron chi connectivity index (χ0n) is 12.8. The third-order valence-electron chi connectivity index (χ3n) is 4.04. The van der Waals surface area contributed by atoms with E-state index < -0.39 is 5.97 Å². The van der Waals surface area contributed by atoms with Crippen molar-refractivity contribution in [1.82, 2.24) is 4.57 Å². The lowest BCUT2D eigenvalue weighted by molar-refractivity contribution is 0.0695. The van der Waals surface area contributed by atoms with Crippen LogP contribution >= 0.6 is 0 Å². The Labute approximate surface area is 133 Å². The number of aromatic carboxylic acids is 1. The van der Waals surface area contributed by atoms with Gasteiger partial charge in [-0.1, -0.05) is 37.3 Å². The summed E-state index contributed by atoms with van der Waals surface area (Å²) in [5, 5.41) is 10.8. The zero-order chi connectivity index (χ0) is 16.4. The van der Waals surface area contributed by atoms with E-state index in [0.717, 1.165) is 17.4 Å². The van der Waals surface area contributed by atoms with E-state index in [1.54, 1.807) is 35.0 Å². The van der Waals surface area contributed by atoms with Crippen LogP contribution in [0.5, 0.6) is 0 Å². The smallest absolute Gasteiger partial charge is 0.336 e. The molecule has 1 aromatic heterocycles. The first-order valence-corrected chi connectivity index (χ1v) is 7.53. The number of benzene rings is 2. The minimum atomic E-state index is -0.984. The lowest BCUT2D eigenvalue weighted by atomic mass is 10.1. The second kappa shape index (κ2) is 6.08. The Morgan fingerprint density at radius 2 is 1.91 bits per heavy atom. The lowest BCUT2D eigenvalue weighted by Crippen LogP contribution is -2.21. The first-order valence-electron chi connectivity index (χ1n) is 7.53. The van der Waals surface area contributed by atoms with Crippen LogP contribution in [0.25, 0.3) is 10.8 Å². The van der Waals surface area contributed by atoms with Crippen molar-refractivity contribution in [2.75, 3.05) is 0 Å². The maximum Gasteiger partial charge on any atom is 0.336 e. The number of nitrogens with zero attached hydrogens (tertiary/aromatic N) is 1. The van der Waals surface area contributed by atoms with Crippen molar-refractivity contribution in [1.29, 1.82) is 0 Å². The molecule has 0 unspecified atom stereocenters. The molecule has 0 bridgehead atoms. The Kier molecular flexibility index (Phi) is 3.98. The molecule has 0 fully saturated rings. The van der Waals surface area contributed by atoms with Crippen LogP contribution in [-0.2, 0) is 13.0 Å². The van der Waals surface area contributed by atoms with Gasteiger partial charge in [-0.25, -0.2) is 4.79 Å². The number of hydrogen-bond donors (Lipinski definition) is 1. The molecule has 0 aliphatic rings. The summed E-state index contributed by atoms with van der Waals surface area (Å²) in [5.41, 5.74) is 1.85. The van der Waals surface area contributed by atoms with Crippen molar-refractivity contribution in [3.8, 4) is 0 Å². The van der Waals surface area contributed by atoms with E-state index in [4.69, 9.17) is 0 Å². The standard InChI is InChI=1S/C19H17NO3/c1-2-13-7-8-14-9-10-20(18(21)17(14)11-13)12-15-5-3-4-6-16(15)19(22)23/h3-11H,2,12H2,1H3,(H,22,23). The molecule has 3 rings (SSSR count). The van der Waals surface area contributed by atoms with Gasteiger partial charge in [-0.2, -0.15) is 0 Å². The minimum absolute atomic E-state index is 0.0991. The monoisotopic (exact) mass is 307 g/mol. The summed E-state index contributed by atoms with van der Waals surface area (Å²) < 4.78 is 1.56. The maximum atomic E-state index is 12.7. The van der Waals surface area contributed by atoms with Crippen molar-refractivity contribution in [2.24, 2.45) is 0 Å². The number of rotatable bonds is 4. The van der Waals surface area contributed by atoms with Gasteiger partial charge in [0.2, 0.25) is 0 Å². The second-order valence-corrected chi connectivity index (χ2v) is 5.49. The van der Waals surface area contributed by atoms with Gasteiger partial charge >= 0.3 is 5.97 Å². The van der Waals surface area contributed by atoms with Crippen molar-refractivity contribution in [3.63, 3.8) is 0 Å². The number of fused-ring (bicyclic) bond motifs is 1. The molecule has 0 spiro atoms. The first-order chi connectivity index (χ1) is 11.1. The molecule has 0 radical (unpaired) electrons. The van der Waals surface area contributed by atoms with E-state index in [2.05, 4.69) is 0 Å². The molecule has 0 amide bonds. The first kappa shape index (κ1) is 15.0. The van der Waals surface area contributed by atoms with Gasteiger partial charge < -0.3 is 9.67 Å². The Balaban J connectivity index is 2.09. The molecular formula is C19H17NO3. The van der Waals surface area contributed by atoms with E-state index in [9.17, 15) is 14.7 Å². The van der Waals surface area contributed by atoms with Gasteiger partial charge in [0.05, 0.1) is 12.1 Å². The topological polar surface area (TPSA) is 59.3 Å². The molecule has 3 aromatic rings. The highest BCUT2D eigenvalue weighted by Gasteiger charge is 2.11. The van der Waals surface area contributed by atoms with Crippen molar-refractivity contribution >= 4 is 16.7 Å². The van der Waals surface area contributed by atoms with Crippen LogP contribution in [0.1, 0.15) is 28.4 Å². The van der Waals surface area contributed by atoms with Gasteiger partial charge in [0.1, 0.15) is 0 Å². The Bertz CT molecular complexity index is 941. The van der Waals surface area contributed by atoms with E-state index in [1.165, 1.54) is 0 Å². The molecule has 0 aliphatic carbocycles. The van der Waals surface area contributed by atoms with E-state index in [0.29, 0.717) is 10.9 Å². The molecule has 0 saturated carbocycles. The van der Waals surface area contributed by atoms with Crippen molar-refractivity contribution in [3.05, 3.63) is 81.8 Å². The number of pyridine rings is 1. The number of aromatic nitrogens is 1. The van der Waals surface area contributed by atoms with Gasteiger partial charge in [0, 0.05) is 11.6 Å². The number of carbonyl (C=O) groups is 1. The molecule has 116 valence electrons. The third-order valence-corrected chi connectivity index (χ3v) is 4.04. The fourth-order valence-corrected chi connectivity index (χ4v) is 2.72. The van der Waals surface area contributed by atoms with Crippen LogP contribution in [0.3, 0.4) is 0 Å². The minimum Gasteiger partial charge on any atom is -0.478 e. The zero-order valence-corrected chi connectivity index (χ0v) is 12.8. The van der Waals surface area contributed by atoms with Gasteiger partial charge in [0.25, 0.3) is 5.56 Å². The summed E-state index contributed by atoms with van der Waals surface area (Å²) >= 11 is 0. The average Bonchev–Trinajstić information content (AvgIpc) is 2.57. The van der Waals surface area contributed by atoms with Gasteiger partial charge in [-0.15, -0.1) is 0 Å². The van der Waals surface area contributed by atoms with E-state index in [1.807, 2.05) is 31.2 Å². The summed E-state index contributed by atoms with van der Waals surface area (Å²) in [6.07, 6.45) is 2.58. The predicted octanol–water partition coefficient (Wildman–Crippen LogP) is 3.31. The van der Waals surface area contributed by atoms with Gasteiger partial charge in [-0.3, -0.25) is 4.79 Å². The number of carboxylic acids is 1. The molecule has 4 nitrogen and oxygen atoms in total. The predicted molar refractivity (Wildman–Crippen MR) is 90.1 cm³/mol. The molecule has 0 saturated heterocycles. The highest BCUT2D eigenvalue weighted by molar-refractivity contribution is 5.89. The Hall–Kier alpha value is -2.88. The molecule has 23 heavy (non-hydrogen) atoms. The Morgan fingerprint density at radius 1 is 1.13 bits per heavy atom. The highest BCUT2D eigenvalue weighted by Crippen LogP contribution is 2.14. The third kappa shape index (κ3) is 2.88. The fourth-order valence-electron chi connectivity index (χ4n) is 2.72. The fraction of sp³-hybridized carbons (Fsp3) is 0.158. The average molecular weight is 307 g/mol. The summed E-state index contributed by atoms with van der Waals surface area (Å²) in [5.74, 6) is -0.984. The van der Waals surface area contributed by atoms with Crippen LogP contribution in [0.4, 0.5) is 0 Å². The quantitative estimate of drug-likeness (QED) is 0.804. The van der Waals surface area contributed by atoms with Gasteiger partial charge in [-0.05, 0) is 41.1 Å². The van der Waals surface area contributed by atoms with Crippen LogP contribution in [0.15, 0.2) is 59.5 Å². The van der Waals surface area contributed by atoms with E-state index >= 15 is 0 Å². The summed E-state index contributed by atoms with van der Waals surface area (Å²) in [6, 6.07) is 14.5. The molecule has 1 heterocycles. The highest BCUT2D eigenvalue weighted by atomic mass is 16.4. The second-order valence-electron chi connectivity index (χ2n) is 5.49. The molecule has 1 N–H and O–H groups in total. The summed E-state index contributed by atoms with van der Waals surface area (Å²) in [7, 11) is 0.